The second-order valence-corrected chi connectivity index (χ2v) is 10.8. The van der Waals surface area contributed by atoms with Crippen molar-refractivity contribution in [1.29, 1.82) is 0 Å². The maximum Gasteiger partial charge on any atom is 0.251 e. The first kappa shape index (κ1) is 23.2. The van der Waals surface area contributed by atoms with Crippen molar-refractivity contribution in [3.05, 3.63) is 62.6 Å². The summed E-state index contributed by atoms with van der Waals surface area (Å²) >= 11 is 9.54. The molecule has 0 saturated carbocycles. The van der Waals surface area contributed by atoms with Gasteiger partial charge in [0.25, 0.3) is 5.91 Å². The predicted octanol–water partition coefficient (Wildman–Crippen LogP) is 3.23. The fraction of sp³-hybridized carbons (Fsp3) is 0.381. The Labute approximate surface area is 191 Å². The highest BCUT2D eigenvalue weighted by molar-refractivity contribution is 9.10. The summed E-state index contributed by atoms with van der Waals surface area (Å²) in [4.78, 5) is 15.3. The minimum absolute atomic E-state index is 0.0173. The van der Waals surface area contributed by atoms with E-state index in [0.29, 0.717) is 16.1 Å². The monoisotopic (exact) mass is 513 g/mol. The molecule has 1 aliphatic heterocycles. The van der Waals surface area contributed by atoms with Crippen molar-refractivity contribution in [3.8, 4) is 0 Å². The number of halogens is 2. The molecular formula is C21H25BrClN3O3S. The molecule has 1 aliphatic rings. The van der Waals surface area contributed by atoms with Crippen LogP contribution < -0.4 is 10.6 Å². The van der Waals surface area contributed by atoms with Gasteiger partial charge in [0.2, 0.25) is 0 Å². The van der Waals surface area contributed by atoms with Gasteiger partial charge in [0.1, 0.15) is 0 Å². The number of hydrogen-bond donors (Lipinski definition) is 2. The number of sulfone groups is 1. The molecule has 3 rings (SSSR count). The summed E-state index contributed by atoms with van der Waals surface area (Å²) in [6, 6.07) is 10.3. The third kappa shape index (κ3) is 6.04. The van der Waals surface area contributed by atoms with E-state index in [-0.39, 0.29) is 23.1 Å². The molecule has 0 atom stereocenters. The summed E-state index contributed by atoms with van der Waals surface area (Å²) < 4.78 is 25.5. The largest absolute Gasteiger partial charge is 0.348 e. The lowest BCUT2D eigenvalue weighted by atomic mass is 10.1. The van der Waals surface area contributed by atoms with Crippen LogP contribution in [0.15, 0.2) is 45.8 Å². The van der Waals surface area contributed by atoms with Crippen LogP contribution in [0.5, 0.6) is 0 Å². The van der Waals surface area contributed by atoms with E-state index in [4.69, 9.17) is 11.6 Å². The molecule has 1 saturated heterocycles. The third-order valence-electron chi connectivity index (χ3n) is 5.01. The Morgan fingerprint density at radius 1 is 1.20 bits per heavy atom. The normalized spacial score (nSPS) is 15.2. The Balaban J connectivity index is 1.75. The van der Waals surface area contributed by atoms with Crippen molar-refractivity contribution in [3.63, 3.8) is 0 Å². The first-order chi connectivity index (χ1) is 14.3. The van der Waals surface area contributed by atoms with Crippen molar-refractivity contribution < 1.29 is 13.2 Å². The standard InChI is InChI=1S/C21H25BrClN3O3S/c1-2-30(28,29)20-4-3-19(23)12-17(20)13-25-21(27)16-9-15(10-18(22)11-16)14-26-7-5-24-6-8-26/h3-4,9-12,24H,2,5-8,13-14H2,1H3,(H,25,27). The summed E-state index contributed by atoms with van der Waals surface area (Å²) in [5.41, 5.74) is 2.05. The summed E-state index contributed by atoms with van der Waals surface area (Å²) in [6.45, 7) is 6.30. The number of hydrogen-bond acceptors (Lipinski definition) is 5. The molecule has 6 nitrogen and oxygen atoms in total. The van der Waals surface area contributed by atoms with Gasteiger partial charge < -0.3 is 10.6 Å². The van der Waals surface area contributed by atoms with Gasteiger partial charge in [-0.3, -0.25) is 9.69 Å². The van der Waals surface area contributed by atoms with E-state index in [1.807, 2.05) is 12.1 Å². The van der Waals surface area contributed by atoms with E-state index in [9.17, 15) is 13.2 Å². The van der Waals surface area contributed by atoms with Crippen LogP contribution in [0.4, 0.5) is 0 Å². The van der Waals surface area contributed by atoms with E-state index < -0.39 is 9.84 Å². The maximum absolute atomic E-state index is 12.8. The highest BCUT2D eigenvalue weighted by Crippen LogP contribution is 2.22. The lowest BCUT2D eigenvalue weighted by Gasteiger charge is -2.27. The van der Waals surface area contributed by atoms with E-state index in [1.165, 1.54) is 6.07 Å². The predicted molar refractivity (Wildman–Crippen MR) is 123 cm³/mol. The first-order valence-corrected chi connectivity index (χ1v) is 12.6. The first-order valence-electron chi connectivity index (χ1n) is 9.80. The van der Waals surface area contributed by atoms with E-state index >= 15 is 0 Å². The Hall–Kier alpha value is -1.45. The second-order valence-electron chi connectivity index (χ2n) is 7.21. The van der Waals surface area contributed by atoms with Crippen LogP contribution in [0.1, 0.15) is 28.4 Å². The molecule has 2 N–H and O–H groups in total. The van der Waals surface area contributed by atoms with Crippen LogP contribution in [0.2, 0.25) is 5.02 Å². The molecule has 9 heteroatoms. The van der Waals surface area contributed by atoms with Crippen LogP contribution in [0.3, 0.4) is 0 Å². The molecular weight excluding hydrogens is 490 g/mol. The molecule has 0 bridgehead atoms. The molecule has 1 fully saturated rings. The SMILES string of the molecule is CCS(=O)(=O)c1ccc(Cl)cc1CNC(=O)c1cc(Br)cc(CN2CCNCC2)c1. The van der Waals surface area contributed by atoms with Crippen molar-refractivity contribution in [2.45, 2.75) is 24.9 Å². The average Bonchev–Trinajstić information content (AvgIpc) is 2.72. The highest BCUT2D eigenvalue weighted by atomic mass is 79.9. The number of benzene rings is 2. The Morgan fingerprint density at radius 2 is 1.93 bits per heavy atom. The van der Waals surface area contributed by atoms with Crippen molar-refractivity contribution in [2.24, 2.45) is 0 Å². The van der Waals surface area contributed by atoms with Gasteiger partial charge >= 0.3 is 0 Å². The number of nitrogens with zero attached hydrogens (tertiary/aromatic N) is 1. The smallest absolute Gasteiger partial charge is 0.251 e. The number of piperazine rings is 1. The zero-order valence-corrected chi connectivity index (χ0v) is 19.9. The molecule has 1 amide bonds. The van der Waals surface area contributed by atoms with Crippen LogP contribution in [-0.4, -0.2) is 51.2 Å². The lowest BCUT2D eigenvalue weighted by Crippen LogP contribution is -2.42. The Kier molecular flexibility index (Phi) is 7.92. The molecule has 2 aromatic rings. The quantitative estimate of drug-likeness (QED) is 0.593. The molecule has 0 radical (unpaired) electrons. The minimum Gasteiger partial charge on any atom is -0.348 e. The van der Waals surface area contributed by atoms with Gasteiger partial charge in [-0.15, -0.1) is 0 Å². The van der Waals surface area contributed by atoms with E-state index in [1.54, 1.807) is 25.1 Å². The summed E-state index contributed by atoms with van der Waals surface area (Å²) in [7, 11) is -3.42. The topological polar surface area (TPSA) is 78.5 Å². The molecule has 1 heterocycles. The van der Waals surface area contributed by atoms with Crippen LogP contribution in [0, 0.1) is 0 Å². The van der Waals surface area contributed by atoms with Crippen LogP contribution in [0.25, 0.3) is 0 Å². The fourth-order valence-electron chi connectivity index (χ4n) is 3.42. The molecule has 0 spiro atoms. The molecule has 162 valence electrons. The number of amides is 1. The number of carbonyl (C=O) groups excluding carboxylic acids is 1. The minimum atomic E-state index is -3.42. The van der Waals surface area contributed by atoms with Crippen LogP contribution in [-0.2, 0) is 22.9 Å². The summed E-state index contributed by atoms with van der Waals surface area (Å²) in [5.74, 6) is -0.283. The lowest BCUT2D eigenvalue weighted by molar-refractivity contribution is 0.0950. The Bertz CT molecular complexity index is 1020. The zero-order chi connectivity index (χ0) is 21.7. The molecule has 0 unspecified atom stereocenters. The average molecular weight is 515 g/mol. The van der Waals surface area contributed by atoms with E-state index in [2.05, 4.69) is 31.5 Å². The summed E-state index contributed by atoms with van der Waals surface area (Å²) in [6.07, 6.45) is 0. The van der Waals surface area contributed by atoms with Gasteiger partial charge in [-0.25, -0.2) is 8.42 Å². The highest BCUT2D eigenvalue weighted by Gasteiger charge is 2.18. The number of rotatable bonds is 7. The van der Waals surface area contributed by atoms with Gasteiger partial charge in [-0.2, -0.15) is 0 Å². The fourth-order valence-corrected chi connectivity index (χ4v) is 5.28. The van der Waals surface area contributed by atoms with Gasteiger partial charge in [0, 0.05) is 54.3 Å². The molecule has 30 heavy (non-hydrogen) atoms. The van der Waals surface area contributed by atoms with Crippen molar-refractivity contribution in [1.82, 2.24) is 15.5 Å². The molecule has 0 aliphatic carbocycles. The number of nitrogens with one attached hydrogen (secondary N) is 2. The van der Waals surface area contributed by atoms with Gasteiger partial charge in [-0.1, -0.05) is 34.5 Å². The molecule has 2 aromatic carbocycles. The van der Waals surface area contributed by atoms with Crippen molar-refractivity contribution in [2.75, 3.05) is 31.9 Å². The van der Waals surface area contributed by atoms with Gasteiger partial charge in [0.15, 0.2) is 9.84 Å². The van der Waals surface area contributed by atoms with Crippen LogP contribution >= 0.6 is 27.5 Å². The van der Waals surface area contributed by atoms with E-state index in [0.717, 1.165) is 42.8 Å². The maximum atomic E-state index is 12.8. The Morgan fingerprint density at radius 3 is 2.63 bits per heavy atom. The third-order valence-corrected chi connectivity index (χ3v) is 7.53. The zero-order valence-electron chi connectivity index (χ0n) is 16.7. The van der Waals surface area contributed by atoms with Gasteiger partial charge in [-0.05, 0) is 47.5 Å². The summed E-state index contributed by atoms with van der Waals surface area (Å²) in [5, 5.41) is 6.59. The number of carbonyl (C=O) groups is 1. The van der Waals surface area contributed by atoms with Gasteiger partial charge in [0.05, 0.1) is 10.6 Å². The van der Waals surface area contributed by atoms with Crippen molar-refractivity contribution >= 4 is 43.3 Å². The molecule has 0 aromatic heterocycles. The second kappa shape index (κ2) is 10.2.